The standard InChI is InChI=1S/C46H52OSi/c1-12-23-47-43-41(46(7,8)9)28-36(45(4,5)6)29-42(43)48(10,11)44-39-26-34(32-17-13-15-30(2)24-32)19-21-37(39)38-22-20-35(27-40(38)44)33-18-14-16-31(3)25-33/h12-22,24-29,44H,1,23H2,2-11H3. The summed E-state index contributed by atoms with van der Waals surface area (Å²) < 4.78 is 6.76. The zero-order valence-corrected chi connectivity index (χ0v) is 31.7. The van der Waals surface area contributed by atoms with Crippen molar-refractivity contribution in [3.8, 4) is 39.1 Å². The van der Waals surface area contributed by atoms with Crippen molar-refractivity contribution in [1.29, 1.82) is 0 Å². The van der Waals surface area contributed by atoms with Crippen LogP contribution in [0.3, 0.4) is 0 Å². The first-order valence-electron chi connectivity index (χ1n) is 17.4. The molecule has 48 heavy (non-hydrogen) atoms. The number of hydrogen-bond acceptors (Lipinski definition) is 1. The summed E-state index contributed by atoms with van der Waals surface area (Å²) in [4.78, 5) is 0. The molecule has 0 unspecified atom stereocenters. The molecule has 0 bridgehead atoms. The second kappa shape index (κ2) is 12.4. The molecule has 0 saturated heterocycles. The minimum absolute atomic E-state index is 0.00162. The van der Waals surface area contributed by atoms with Gasteiger partial charge in [-0.2, -0.15) is 0 Å². The van der Waals surface area contributed by atoms with E-state index in [1.807, 2.05) is 6.08 Å². The molecule has 0 fully saturated rings. The summed E-state index contributed by atoms with van der Waals surface area (Å²) in [6.07, 6.45) is 1.88. The Labute approximate surface area is 290 Å². The molecule has 0 heterocycles. The molecule has 0 N–H and O–H groups in total. The summed E-state index contributed by atoms with van der Waals surface area (Å²) in [6.45, 7) is 28.0. The average molecular weight is 649 g/mol. The van der Waals surface area contributed by atoms with Crippen LogP contribution in [0.4, 0.5) is 0 Å². The molecule has 1 nitrogen and oxygen atoms in total. The van der Waals surface area contributed by atoms with Crippen LogP contribution in [0.25, 0.3) is 33.4 Å². The topological polar surface area (TPSA) is 9.23 Å². The highest BCUT2D eigenvalue weighted by atomic mass is 28.3. The first-order valence-corrected chi connectivity index (χ1v) is 20.5. The van der Waals surface area contributed by atoms with Gasteiger partial charge in [-0.3, -0.25) is 0 Å². The Morgan fingerprint density at radius 3 is 1.58 bits per heavy atom. The molecular formula is C46H52OSi. The maximum Gasteiger partial charge on any atom is 0.122 e. The van der Waals surface area contributed by atoms with Gasteiger partial charge in [0, 0.05) is 5.54 Å². The van der Waals surface area contributed by atoms with Crippen molar-refractivity contribution >= 4 is 13.3 Å². The number of hydrogen-bond donors (Lipinski definition) is 0. The van der Waals surface area contributed by atoms with E-state index in [4.69, 9.17) is 4.74 Å². The lowest BCUT2D eigenvalue weighted by Crippen LogP contribution is -2.49. The van der Waals surface area contributed by atoms with Gasteiger partial charge in [0.15, 0.2) is 0 Å². The van der Waals surface area contributed by atoms with E-state index in [1.54, 1.807) is 0 Å². The largest absolute Gasteiger partial charge is 0.489 e. The average Bonchev–Trinajstić information content (AvgIpc) is 3.36. The monoisotopic (exact) mass is 648 g/mol. The highest BCUT2D eigenvalue weighted by Gasteiger charge is 2.45. The molecule has 5 aromatic carbocycles. The third kappa shape index (κ3) is 6.24. The van der Waals surface area contributed by atoms with E-state index in [-0.39, 0.29) is 16.4 Å². The van der Waals surface area contributed by atoms with Crippen LogP contribution in [0, 0.1) is 13.8 Å². The molecule has 0 amide bonds. The predicted molar refractivity (Wildman–Crippen MR) is 211 cm³/mol. The van der Waals surface area contributed by atoms with E-state index in [2.05, 4.69) is 172 Å². The van der Waals surface area contributed by atoms with Crippen LogP contribution in [0.5, 0.6) is 5.75 Å². The van der Waals surface area contributed by atoms with Gasteiger partial charge in [0.1, 0.15) is 12.4 Å². The van der Waals surface area contributed by atoms with Crippen LogP contribution >= 0.6 is 0 Å². The maximum atomic E-state index is 6.76. The Bertz CT molecular complexity index is 1920. The minimum atomic E-state index is -2.39. The fraction of sp³-hybridized carbons (Fsp3) is 0.304. The van der Waals surface area contributed by atoms with Gasteiger partial charge in [-0.1, -0.05) is 175 Å². The lowest BCUT2D eigenvalue weighted by molar-refractivity contribution is 0.353. The zero-order valence-electron chi connectivity index (χ0n) is 30.7. The fourth-order valence-corrected chi connectivity index (χ4v) is 11.3. The van der Waals surface area contributed by atoms with Gasteiger partial charge in [0.05, 0.1) is 8.07 Å². The summed E-state index contributed by atoms with van der Waals surface area (Å²) in [5.41, 5.74) is 16.1. The smallest absolute Gasteiger partial charge is 0.122 e. The van der Waals surface area contributed by atoms with Crippen molar-refractivity contribution in [1.82, 2.24) is 0 Å². The van der Waals surface area contributed by atoms with E-state index in [9.17, 15) is 0 Å². The van der Waals surface area contributed by atoms with Crippen molar-refractivity contribution < 1.29 is 4.74 Å². The van der Waals surface area contributed by atoms with E-state index in [1.165, 1.54) is 71.9 Å². The summed E-state index contributed by atoms with van der Waals surface area (Å²) in [7, 11) is -2.39. The van der Waals surface area contributed by atoms with Gasteiger partial charge in [0.25, 0.3) is 0 Å². The summed E-state index contributed by atoms with van der Waals surface area (Å²) in [6, 6.07) is 37.1. The SMILES string of the molecule is C=CCOc1c(C(C)(C)C)cc(C(C)(C)C)cc1[Si](C)(C)C1c2cc(-c3cccc(C)c3)ccc2-c2ccc(-c3cccc(C)c3)cc21. The third-order valence-electron chi connectivity index (χ3n) is 10.2. The second-order valence-electron chi connectivity index (χ2n) is 16.5. The number of rotatable bonds is 7. The van der Waals surface area contributed by atoms with Crippen LogP contribution < -0.4 is 9.92 Å². The molecule has 246 valence electrons. The Kier molecular flexibility index (Phi) is 8.71. The summed E-state index contributed by atoms with van der Waals surface area (Å²) >= 11 is 0. The Balaban J connectivity index is 1.65. The van der Waals surface area contributed by atoms with Crippen molar-refractivity contribution in [3.05, 3.63) is 143 Å². The maximum absolute atomic E-state index is 6.76. The van der Waals surface area contributed by atoms with Gasteiger partial charge in [-0.25, -0.2) is 0 Å². The third-order valence-corrected chi connectivity index (χ3v) is 14.1. The van der Waals surface area contributed by atoms with Crippen LogP contribution in [0.1, 0.15) is 80.5 Å². The van der Waals surface area contributed by atoms with E-state index >= 15 is 0 Å². The van der Waals surface area contributed by atoms with E-state index < -0.39 is 8.07 Å². The first kappa shape index (κ1) is 33.7. The molecule has 0 aromatic heterocycles. The highest BCUT2D eigenvalue weighted by molar-refractivity contribution is 6.92. The summed E-state index contributed by atoms with van der Waals surface area (Å²) in [5.74, 6) is 1.06. The molecule has 0 atom stereocenters. The number of fused-ring (bicyclic) bond motifs is 3. The molecule has 0 spiro atoms. The molecule has 1 aliphatic carbocycles. The fourth-order valence-electron chi connectivity index (χ4n) is 7.60. The van der Waals surface area contributed by atoms with Gasteiger partial charge in [0.2, 0.25) is 0 Å². The van der Waals surface area contributed by atoms with Gasteiger partial charge in [-0.05, 0) is 85.5 Å². The van der Waals surface area contributed by atoms with Crippen LogP contribution in [0.2, 0.25) is 13.1 Å². The molecule has 1 aliphatic rings. The van der Waals surface area contributed by atoms with Gasteiger partial charge in [-0.15, -0.1) is 0 Å². The molecule has 0 radical (unpaired) electrons. The van der Waals surface area contributed by atoms with Crippen LogP contribution in [-0.2, 0) is 10.8 Å². The van der Waals surface area contributed by atoms with Gasteiger partial charge < -0.3 is 4.74 Å². The molecule has 2 heteroatoms. The zero-order chi connectivity index (χ0) is 34.6. The normalized spacial score (nSPS) is 13.3. The van der Waals surface area contributed by atoms with Gasteiger partial charge >= 0.3 is 0 Å². The molecule has 6 rings (SSSR count). The quantitative estimate of drug-likeness (QED) is 0.126. The molecule has 5 aromatic rings. The van der Waals surface area contributed by atoms with Crippen molar-refractivity contribution in [2.75, 3.05) is 6.61 Å². The van der Waals surface area contributed by atoms with Crippen LogP contribution in [-0.4, -0.2) is 14.7 Å². The second-order valence-corrected chi connectivity index (χ2v) is 21.1. The molecule has 0 saturated carbocycles. The lowest BCUT2D eigenvalue weighted by Gasteiger charge is -2.37. The van der Waals surface area contributed by atoms with Crippen molar-refractivity contribution in [2.45, 2.75) is 84.9 Å². The number of ether oxygens (including phenoxy) is 1. The van der Waals surface area contributed by atoms with Crippen molar-refractivity contribution in [3.63, 3.8) is 0 Å². The minimum Gasteiger partial charge on any atom is -0.489 e. The Morgan fingerprint density at radius 2 is 1.15 bits per heavy atom. The highest BCUT2D eigenvalue weighted by Crippen LogP contribution is 2.52. The Hall–Kier alpha value is -4.14. The lowest BCUT2D eigenvalue weighted by atomic mass is 9.80. The predicted octanol–water partition coefficient (Wildman–Crippen LogP) is 12.1. The molecular weight excluding hydrogens is 597 g/mol. The molecule has 0 aliphatic heterocycles. The Morgan fingerprint density at radius 1 is 0.646 bits per heavy atom. The number of aryl methyl sites for hydroxylation is 2. The number of benzene rings is 5. The van der Waals surface area contributed by atoms with Crippen molar-refractivity contribution in [2.24, 2.45) is 0 Å². The van der Waals surface area contributed by atoms with E-state index in [0.717, 1.165) is 5.75 Å². The van der Waals surface area contributed by atoms with Crippen LogP contribution in [0.15, 0.2) is 110 Å². The summed E-state index contributed by atoms with van der Waals surface area (Å²) in [5, 5.41) is 1.40. The first-order chi connectivity index (χ1) is 22.6. The van der Waals surface area contributed by atoms with E-state index in [0.29, 0.717) is 6.61 Å².